The average Bonchev–Trinajstić information content (AvgIpc) is 2.68. The van der Waals surface area contributed by atoms with Crippen LogP contribution in [-0.4, -0.2) is 43.7 Å². The minimum Gasteiger partial charge on any atom is -0.482 e. The minimum atomic E-state index is -0.178. The second-order valence-electron chi connectivity index (χ2n) is 6.20. The Morgan fingerprint density at radius 1 is 1.08 bits per heavy atom. The van der Waals surface area contributed by atoms with E-state index in [-0.39, 0.29) is 12.5 Å². The van der Waals surface area contributed by atoms with E-state index in [1.807, 2.05) is 24.3 Å². The number of hydrogen-bond acceptors (Lipinski definition) is 4. The number of nitrogens with zero attached hydrogens (tertiary/aromatic N) is 1. The van der Waals surface area contributed by atoms with Crippen molar-refractivity contribution in [2.75, 3.05) is 32.9 Å². The molecule has 138 valence electrons. The molecule has 1 amide bonds. The van der Waals surface area contributed by atoms with Gasteiger partial charge in [0.1, 0.15) is 5.75 Å². The van der Waals surface area contributed by atoms with Crippen LogP contribution in [0.2, 0.25) is 5.02 Å². The van der Waals surface area contributed by atoms with Crippen LogP contribution in [0.4, 0.5) is 0 Å². The molecule has 5 nitrogen and oxygen atoms in total. The molecule has 1 aliphatic heterocycles. The third-order valence-electron chi connectivity index (χ3n) is 4.22. The van der Waals surface area contributed by atoms with Gasteiger partial charge in [-0.1, -0.05) is 48.0 Å². The van der Waals surface area contributed by atoms with E-state index in [0.717, 1.165) is 38.4 Å². The topological polar surface area (TPSA) is 50.8 Å². The van der Waals surface area contributed by atoms with Gasteiger partial charge >= 0.3 is 0 Å². The van der Waals surface area contributed by atoms with Crippen molar-refractivity contribution in [1.82, 2.24) is 10.2 Å². The number of hydrogen-bond donors (Lipinski definition) is 1. The Balaban J connectivity index is 1.41. The van der Waals surface area contributed by atoms with Crippen molar-refractivity contribution >= 4 is 17.5 Å². The second kappa shape index (κ2) is 9.57. The fraction of sp³-hybridized carbons (Fsp3) is 0.350. The van der Waals surface area contributed by atoms with Gasteiger partial charge < -0.3 is 14.8 Å². The van der Waals surface area contributed by atoms with Gasteiger partial charge in [0.15, 0.2) is 6.61 Å². The molecule has 0 bridgehead atoms. The van der Waals surface area contributed by atoms with Crippen molar-refractivity contribution < 1.29 is 14.3 Å². The number of halogens is 1. The molecule has 0 aromatic heterocycles. The number of ether oxygens (including phenoxy) is 2. The summed E-state index contributed by atoms with van der Waals surface area (Å²) >= 11 is 6.00. The molecule has 26 heavy (non-hydrogen) atoms. The molecule has 3 rings (SSSR count). The molecule has 0 saturated carbocycles. The van der Waals surface area contributed by atoms with E-state index >= 15 is 0 Å². The third-order valence-corrected chi connectivity index (χ3v) is 4.53. The summed E-state index contributed by atoms with van der Waals surface area (Å²) in [5.41, 5.74) is 2.32. The van der Waals surface area contributed by atoms with Crippen LogP contribution in [0.15, 0.2) is 48.5 Å². The quantitative estimate of drug-likeness (QED) is 0.809. The zero-order valence-corrected chi connectivity index (χ0v) is 15.4. The lowest BCUT2D eigenvalue weighted by molar-refractivity contribution is -0.123. The van der Waals surface area contributed by atoms with Gasteiger partial charge in [0.05, 0.1) is 18.2 Å². The first-order valence-corrected chi connectivity index (χ1v) is 9.10. The Bertz CT molecular complexity index is 715. The number of rotatable bonds is 7. The van der Waals surface area contributed by atoms with Crippen LogP contribution in [0.3, 0.4) is 0 Å². The summed E-state index contributed by atoms with van der Waals surface area (Å²) in [6.07, 6.45) is 0. The van der Waals surface area contributed by atoms with Gasteiger partial charge in [-0.2, -0.15) is 0 Å². The van der Waals surface area contributed by atoms with Crippen LogP contribution >= 0.6 is 11.6 Å². The maximum absolute atomic E-state index is 11.9. The third kappa shape index (κ3) is 5.73. The first-order chi connectivity index (χ1) is 12.7. The highest BCUT2D eigenvalue weighted by atomic mass is 35.5. The molecule has 0 unspecified atom stereocenters. The van der Waals surface area contributed by atoms with Crippen LogP contribution in [0.1, 0.15) is 11.1 Å². The van der Waals surface area contributed by atoms with E-state index in [2.05, 4.69) is 22.3 Å². The zero-order chi connectivity index (χ0) is 18.2. The maximum atomic E-state index is 11.9. The molecule has 2 aromatic carbocycles. The van der Waals surface area contributed by atoms with Gasteiger partial charge in [-0.05, 0) is 23.3 Å². The van der Waals surface area contributed by atoms with E-state index in [1.54, 1.807) is 12.1 Å². The van der Waals surface area contributed by atoms with E-state index in [0.29, 0.717) is 17.3 Å². The number of amides is 1. The smallest absolute Gasteiger partial charge is 0.258 e. The number of morpholine rings is 1. The fourth-order valence-corrected chi connectivity index (χ4v) is 2.93. The fourth-order valence-electron chi connectivity index (χ4n) is 2.74. The Kier molecular flexibility index (Phi) is 6.89. The Hall–Kier alpha value is -2.08. The Labute approximate surface area is 158 Å². The molecule has 1 saturated heterocycles. The minimum absolute atomic E-state index is 0.0567. The lowest BCUT2D eigenvalue weighted by Crippen LogP contribution is -2.35. The van der Waals surface area contributed by atoms with Crippen molar-refractivity contribution in [2.24, 2.45) is 0 Å². The van der Waals surface area contributed by atoms with Gasteiger partial charge in [0, 0.05) is 26.2 Å². The van der Waals surface area contributed by atoms with Crippen LogP contribution < -0.4 is 10.1 Å². The molecule has 0 atom stereocenters. The molecular weight excluding hydrogens is 352 g/mol. The van der Waals surface area contributed by atoms with Crippen molar-refractivity contribution in [1.29, 1.82) is 0 Å². The van der Waals surface area contributed by atoms with Gasteiger partial charge in [-0.3, -0.25) is 9.69 Å². The van der Waals surface area contributed by atoms with Crippen LogP contribution in [0.25, 0.3) is 0 Å². The van der Waals surface area contributed by atoms with Crippen LogP contribution in [0, 0.1) is 0 Å². The Morgan fingerprint density at radius 3 is 2.50 bits per heavy atom. The normalized spacial score (nSPS) is 14.8. The first kappa shape index (κ1) is 18.7. The molecule has 1 fully saturated rings. The van der Waals surface area contributed by atoms with Crippen molar-refractivity contribution in [2.45, 2.75) is 13.1 Å². The van der Waals surface area contributed by atoms with Gasteiger partial charge in [-0.15, -0.1) is 0 Å². The second-order valence-corrected chi connectivity index (χ2v) is 6.61. The molecule has 1 heterocycles. The zero-order valence-electron chi connectivity index (χ0n) is 14.6. The monoisotopic (exact) mass is 374 g/mol. The number of nitrogens with one attached hydrogen (secondary N) is 1. The van der Waals surface area contributed by atoms with E-state index in [1.165, 1.54) is 5.56 Å². The van der Waals surface area contributed by atoms with Gasteiger partial charge in [-0.25, -0.2) is 0 Å². The molecule has 0 radical (unpaired) electrons. The number of benzene rings is 2. The summed E-state index contributed by atoms with van der Waals surface area (Å²) in [4.78, 5) is 14.3. The predicted molar refractivity (Wildman–Crippen MR) is 101 cm³/mol. The summed E-state index contributed by atoms with van der Waals surface area (Å²) in [6.45, 7) is 4.91. The summed E-state index contributed by atoms with van der Waals surface area (Å²) in [5, 5.41) is 3.35. The maximum Gasteiger partial charge on any atom is 0.258 e. The van der Waals surface area contributed by atoms with Crippen LogP contribution in [-0.2, 0) is 22.6 Å². The summed E-state index contributed by atoms with van der Waals surface area (Å²) in [5.74, 6) is 0.332. The van der Waals surface area contributed by atoms with Crippen molar-refractivity contribution in [3.8, 4) is 5.75 Å². The van der Waals surface area contributed by atoms with Crippen molar-refractivity contribution in [3.63, 3.8) is 0 Å². The SMILES string of the molecule is O=C(COc1ccccc1Cl)NCc1ccc(CN2CCOCC2)cc1. The molecular formula is C20H23ClN2O3. The molecule has 6 heteroatoms. The molecule has 1 aliphatic rings. The van der Waals surface area contributed by atoms with E-state index in [4.69, 9.17) is 21.1 Å². The Morgan fingerprint density at radius 2 is 1.77 bits per heavy atom. The predicted octanol–water partition coefficient (Wildman–Crippen LogP) is 2.87. The summed E-state index contributed by atoms with van der Waals surface area (Å²) in [6, 6.07) is 15.4. The molecule has 0 aliphatic carbocycles. The van der Waals surface area contributed by atoms with Gasteiger partial charge in [0.2, 0.25) is 0 Å². The molecule has 1 N–H and O–H groups in total. The number of carbonyl (C=O) groups is 1. The first-order valence-electron chi connectivity index (χ1n) is 8.72. The molecule has 2 aromatic rings. The van der Waals surface area contributed by atoms with Crippen molar-refractivity contribution in [3.05, 3.63) is 64.7 Å². The summed E-state index contributed by atoms with van der Waals surface area (Å²) in [7, 11) is 0. The lowest BCUT2D eigenvalue weighted by atomic mass is 10.1. The van der Waals surface area contributed by atoms with E-state index in [9.17, 15) is 4.79 Å². The lowest BCUT2D eigenvalue weighted by Gasteiger charge is -2.26. The summed E-state index contributed by atoms with van der Waals surface area (Å²) < 4.78 is 10.8. The molecule has 0 spiro atoms. The number of para-hydroxylation sites is 1. The highest BCUT2D eigenvalue weighted by Crippen LogP contribution is 2.22. The highest BCUT2D eigenvalue weighted by Gasteiger charge is 2.10. The average molecular weight is 375 g/mol. The largest absolute Gasteiger partial charge is 0.482 e. The standard InChI is InChI=1S/C20H23ClN2O3/c21-18-3-1-2-4-19(18)26-15-20(24)22-13-16-5-7-17(8-6-16)14-23-9-11-25-12-10-23/h1-8H,9-15H2,(H,22,24). The van der Waals surface area contributed by atoms with Gasteiger partial charge in [0.25, 0.3) is 5.91 Å². The van der Waals surface area contributed by atoms with E-state index < -0.39 is 0 Å². The highest BCUT2D eigenvalue weighted by molar-refractivity contribution is 6.32. The number of carbonyl (C=O) groups excluding carboxylic acids is 1. The van der Waals surface area contributed by atoms with Crippen LogP contribution in [0.5, 0.6) is 5.75 Å².